The van der Waals surface area contributed by atoms with Crippen molar-refractivity contribution in [3.05, 3.63) is 64.7 Å². The molecule has 0 spiro atoms. The molecule has 5 heteroatoms. The highest BCUT2D eigenvalue weighted by molar-refractivity contribution is 6.31. The van der Waals surface area contributed by atoms with Crippen LogP contribution in [-0.2, 0) is 12.0 Å². The van der Waals surface area contributed by atoms with E-state index in [4.69, 9.17) is 11.6 Å². The molecule has 1 N–H and O–H groups in total. The van der Waals surface area contributed by atoms with E-state index in [-0.39, 0.29) is 11.4 Å². The molecule has 0 bridgehead atoms. The number of carbonyl (C=O) groups is 1. The number of nitrogens with zero attached hydrogens (tertiary/aromatic N) is 2. The summed E-state index contributed by atoms with van der Waals surface area (Å²) in [6.45, 7) is 10.3. The molecule has 2 amide bonds. The van der Waals surface area contributed by atoms with Crippen LogP contribution in [0.3, 0.4) is 0 Å². The van der Waals surface area contributed by atoms with Gasteiger partial charge in [-0.25, -0.2) is 4.79 Å². The zero-order valence-corrected chi connectivity index (χ0v) is 17.1. The molecular weight excluding hydrogens is 358 g/mol. The summed E-state index contributed by atoms with van der Waals surface area (Å²) in [6, 6.07) is 16.2. The van der Waals surface area contributed by atoms with Gasteiger partial charge < -0.3 is 15.1 Å². The Bertz CT molecular complexity index is 792. The van der Waals surface area contributed by atoms with Crippen molar-refractivity contribution in [2.24, 2.45) is 0 Å². The Labute approximate surface area is 167 Å². The molecule has 144 valence electrons. The van der Waals surface area contributed by atoms with Gasteiger partial charge in [0.2, 0.25) is 0 Å². The third kappa shape index (κ3) is 4.75. The molecule has 0 saturated carbocycles. The van der Waals surface area contributed by atoms with Crippen LogP contribution in [0.2, 0.25) is 5.02 Å². The number of urea groups is 1. The Balaban J connectivity index is 1.58. The molecule has 1 aliphatic rings. The van der Waals surface area contributed by atoms with Crippen LogP contribution in [0.25, 0.3) is 0 Å². The van der Waals surface area contributed by atoms with Crippen molar-refractivity contribution in [3.8, 4) is 0 Å². The fraction of sp³-hybridized carbons (Fsp3) is 0.409. The lowest BCUT2D eigenvalue weighted by Gasteiger charge is -2.38. The highest BCUT2D eigenvalue weighted by atomic mass is 35.5. The second-order valence-electron chi connectivity index (χ2n) is 7.99. The quantitative estimate of drug-likeness (QED) is 0.833. The monoisotopic (exact) mass is 385 g/mol. The molecule has 1 fully saturated rings. The number of amides is 2. The van der Waals surface area contributed by atoms with E-state index < -0.39 is 0 Å². The molecule has 0 unspecified atom stereocenters. The van der Waals surface area contributed by atoms with Gasteiger partial charge in [0, 0.05) is 43.4 Å². The highest BCUT2D eigenvalue weighted by Crippen LogP contribution is 2.32. The fourth-order valence-electron chi connectivity index (χ4n) is 3.46. The predicted octanol–water partition coefficient (Wildman–Crippen LogP) is 4.67. The van der Waals surface area contributed by atoms with Crippen molar-refractivity contribution in [1.82, 2.24) is 10.2 Å². The molecule has 3 rings (SSSR count). The van der Waals surface area contributed by atoms with Gasteiger partial charge in [0.15, 0.2) is 0 Å². The van der Waals surface area contributed by atoms with Gasteiger partial charge in [-0.05, 0) is 28.7 Å². The first kappa shape index (κ1) is 19.6. The lowest BCUT2D eigenvalue weighted by Crippen LogP contribution is -2.52. The van der Waals surface area contributed by atoms with Gasteiger partial charge in [0.1, 0.15) is 0 Å². The first-order valence-electron chi connectivity index (χ1n) is 9.47. The number of nitrogens with one attached hydrogen (secondary N) is 1. The Morgan fingerprint density at radius 1 is 1.00 bits per heavy atom. The lowest BCUT2D eigenvalue weighted by molar-refractivity contribution is 0.194. The SMILES string of the molecule is CC(C)(C)c1ccccc1N1CCN(C(=O)NCc2ccccc2Cl)CC1. The van der Waals surface area contributed by atoms with Gasteiger partial charge in [-0.1, -0.05) is 68.8 Å². The van der Waals surface area contributed by atoms with Gasteiger partial charge >= 0.3 is 6.03 Å². The van der Waals surface area contributed by atoms with Crippen LogP contribution >= 0.6 is 11.6 Å². The van der Waals surface area contributed by atoms with E-state index in [9.17, 15) is 4.79 Å². The normalized spacial score (nSPS) is 15.0. The Kier molecular flexibility index (Phi) is 5.95. The second kappa shape index (κ2) is 8.22. The summed E-state index contributed by atoms with van der Waals surface area (Å²) in [7, 11) is 0. The summed E-state index contributed by atoms with van der Waals surface area (Å²) < 4.78 is 0. The number of piperazine rings is 1. The van der Waals surface area contributed by atoms with Crippen LogP contribution in [-0.4, -0.2) is 37.1 Å². The molecule has 1 saturated heterocycles. The second-order valence-corrected chi connectivity index (χ2v) is 8.40. The predicted molar refractivity (Wildman–Crippen MR) is 113 cm³/mol. The third-order valence-electron chi connectivity index (χ3n) is 5.01. The van der Waals surface area contributed by atoms with Gasteiger partial charge in [-0.3, -0.25) is 0 Å². The average Bonchev–Trinajstić information content (AvgIpc) is 2.66. The Morgan fingerprint density at radius 3 is 2.30 bits per heavy atom. The average molecular weight is 386 g/mol. The fourth-order valence-corrected chi connectivity index (χ4v) is 3.66. The van der Waals surface area contributed by atoms with Crippen LogP contribution in [0.15, 0.2) is 48.5 Å². The molecule has 0 aliphatic carbocycles. The van der Waals surface area contributed by atoms with Crippen molar-refractivity contribution in [2.45, 2.75) is 32.7 Å². The molecule has 2 aromatic rings. The number of hydrogen-bond acceptors (Lipinski definition) is 2. The molecule has 0 atom stereocenters. The zero-order chi connectivity index (χ0) is 19.4. The van der Waals surface area contributed by atoms with E-state index in [2.05, 4.69) is 55.3 Å². The molecular formula is C22H28ClN3O. The van der Waals surface area contributed by atoms with Gasteiger partial charge in [0.05, 0.1) is 0 Å². The summed E-state index contributed by atoms with van der Waals surface area (Å²) in [6.07, 6.45) is 0. The minimum Gasteiger partial charge on any atom is -0.368 e. The topological polar surface area (TPSA) is 35.6 Å². The number of benzene rings is 2. The molecule has 4 nitrogen and oxygen atoms in total. The summed E-state index contributed by atoms with van der Waals surface area (Å²) in [5.74, 6) is 0. The first-order valence-corrected chi connectivity index (χ1v) is 9.85. The summed E-state index contributed by atoms with van der Waals surface area (Å²) >= 11 is 6.16. The van der Waals surface area contributed by atoms with Crippen molar-refractivity contribution in [1.29, 1.82) is 0 Å². The zero-order valence-electron chi connectivity index (χ0n) is 16.3. The van der Waals surface area contributed by atoms with E-state index in [0.717, 1.165) is 18.7 Å². The van der Waals surface area contributed by atoms with E-state index in [1.54, 1.807) is 0 Å². The summed E-state index contributed by atoms with van der Waals surface area (Å²) in [5, 5.41) is 3.67. The van der Waals surface area contributed by atoms with E-state index in [1.165, 1.54) is 11.3 Å². The van der Waals surface area contributed by atoms with Crippen LogP contribution < -0.4 is 10.2 Å². The number of anilines is 1. The van der Waals surface area contributed by atoms with Crippen LogP contribution in [0.5, 0.6) is 0 Å². The van der Waals surface area contributed by atoms with Gasteiger partial charge in [0.25, 0.3) is 0 Å². The molecule has 27 heavy (non-hydrogen) atoms. The summed E-state index contributed by atoms with van der Waals surface area (Å²) in [5.41, 5.74) is 3.66. The van der Waals surface area contributed by atoms with Crippen LogP contribution in [0.1, 0.15) is 31.9 Å². The molecule has 1 heterocycles. The van der Waals surface area contributed by atoms with Gasteiger partial charge in [-0.15, -0.1) is 0 Å². The number of hydrogen-bond donors (Lipinski definition) is 1. The van der Waals surface area contributed by atoms with E-state index >= 15 is 0 Å². The van der Waals surface area contributed by atoms with Crippen molar-refractivity contribution >= 4 is 23.3 Å². The van der Waals surface area contributed by atoms with E-state index in [1.807, 2.05) is 29.2 Å². The number of halogens is 1. The smallest absolute Gasteiger partial charge is 0.317 e. The van der Waals surface area contributed by atoms with Crippen molar-refractivity contribution in [2.75, 3.05) is 31.1 Å². The number of para-hydroxylation sites is 1. The lowest BCUT2D eigenvalue weighted by atomic mass is 9.85. The maximum absolute atomic E-state index is 12.5. The van der Waals surface area contributed by atoms with Gasteiger partial charge in [-0.2, -0.15) is 0 Å². The van der Waals surface area contributed by atoms with Crippen molar-refractivity contribution in [3.63, 3.8) is 0 Å². The number of carbonyl (C=O) groups excluding carboxylic acids is 1. The Hall–Kier alpha value is -2.20. The molecule has 0 aromatic heterocycles. The summed E-state index contributed by atoms with van der Waals surface area (Å²) in [4.78, 5) is 16.8. The number of rotatable bonds is 3. The first-order chi connectivity index (χ1) is 12.9. The standard InChI is InChI=1S/C22H28ClN3O/c1-22(2,3)18-9-5-7-11-20(18)25-12-14-26(15-13-25)21(27)24-16-17-8-4-6-10-19(17)23/h4-11H,12-16H2,1-3H3,(H,24,27). The Morgan fingerprint density at radius 2 is 1.63 bits per heavy atom. The highest BCUT2D eigenvalue weighted by Gasteiger charge is 2.25. The minimum atomic E-state index is -0.0290. The third-order valence-corrected chi connectivity index (χ3v) is 5.38. The molecule has 2 aromatic carbocycles. The minimum absolute atomic E-state index is 0.0290. The maximum atomic E-state index is 12.5. The largest absolute Gasteiger partial charge is 0.368 e. The van der Waals surface area contributed by atoms with Crippen LogP contribution in [0, 0.1) is 0 Å². The van der Waals surface area contributed by atoms with Crippen LogP contribution in [0.4, 0.5) is 10.5 Å². The maximum Gasteiger partial charge on any atom is 0.317 e. The van der Waals surface area contributed by atoms with E-state index in [0.29, 0.717) is 24.7 Å². The van der Waals surface area contributed by atoms with Crippen molar-refractivity contribution < 1.29 is 4.79 Å². The molecule has 1 aliphatic heterocycles. The molecule has 0 radical (unpaired) electrons.